The largest absolute Gasteiger partial charge is 0.496 e. The van der Waals surface area contributed by atoms with Crippen molar-refractivity contribution in [3.05, 3.63) is 28.2 Å². The summed E-state index contributed by atoms with van der Waals surface area (Å²) in [5.41, 5.74) is 0.972. The summed E-state index contributed by atoms with van der Waals surface area (Å²) < 4.78 is 11.3. The second-order valence-electron chi connectivity index (χ2n) is 4.19. The highest BCUT2D eigenvalue weighted by molar-refractivity contribution is 9.10. The van der Waals surface area contributed by atoms with Gasteiger partial charge < -0.3 is 14.8 Å². The number of carbonyl (C=O) groups is 1. The van der Waals surface area contributed by atoms with Crippen LogP contribution in [0, 0.1) is 0 Å². The van der Waals surface area contributed by atoms with E-state index in [1.165, 1.54) is 0 Å². The molecule has 0 radical (unpaired) electrons. The summed E-state index contributed by atoms with van der Waals surface area (Å²) in [7, 11) is 1.62. The Bertz CT molecular complexity index is 430. The first-order valence-electron chi connectivity index (χ1n) is 5.87. The monoisotopic (exact) mass is 313 g/mol. The summed E-state index contributed by atoms with van der Waals surface area (Å²) in [5.74, 6) is 0.928. The highest BCUT2D eigenvalue weighted by Gasteiger charge is 2.21. The van der Waals surface area contributed by atoms with Crippen LogP contribution in [-0.2, 0) is 16.0 Å². The molecule has 1 saturated heterocycles. The lowest BCUT2D eigenvalue weighted by atomic mass is 10.0. The summed E-state index contributed by atoms with van der Waals surface area (Å²) in [6, 6.07) is 5.50. The van der Waals surface area contributed by atoms with Gasteiger partial charge in [0.1, 0.15) is 5.75 Å². The molecule has 98 valence electrons. The number of Topliss-reactive ketones (excluding diaryl/α,β-unsaturated/α-hetero) is 1. The molecule has 0 aliphatic carbocycles. The van der Waals surface area contributed by atoms with Crippen LogP contribution < -0.4 is 10.1 Å². The second-order valence-corrected chi connectivity index (χ2v) is 5.05. The minimum Gasteiger partial charge on any atom is -0.496 e. The molecule has 1 unspecified atom stereocenters. The average Bonchev–Trinajstić information content (AvgIpc) is 2.40. The van der Waals surface area contributed by atoms with E-state index in [-0.39, 0.29) is 11.8 Å². The van der Waals surface area contributed by atoms with Gasteiger partial charge in [-0.2, -0.15) is 0 Å². The van der Waals surface area contributed by atoms with E-state index in [2.05, 4.69) is 21.2 Å². The van der Waals surface area contributed by atoms with Crippen molar-refractivity contribution in [1.29, 1.82) is 0 Å². The van der Waals surface area contributed by atoms with Crippen molar-refractivity contribution < 1.29 is 14.3 Å². The van der Waals surface area contributed by atoms with E-state index in [9.17, 15) is 4.79 Å². The Hall–Kier alpha value is -0.910. The minimum absolute atomic E-state index is 0.159. The Morgan fingerprint density at radius 3 is 3.06 bits per heavy atom. The number of methoxy groups -OCH3 is 1. The molecule has 1 aliphatic rings. The first kappa shape index (κ1) is 13.5. The van der Waals surface area contributed by atoms with Crippen LogP contribution in [0.4, 0.5) is 0 Å². The summed E-state index contributed by atoms with van der Waals surface area (Å²) in [6.07, 6.45) is 0.406. The second kappa shape index (κ2) is 6.31. The molecule has 1 atom stereocenters. The molecule has 1 fully saturated rings. The molecular weight excluding hydrogens is 298 g/mol. The predicted octanol–water partition coefficient (Wildman–Crippen LogP) is 1.56. The van der Waals surface area contributed by atoms with E-state index in [0.29, 0.717) is 19.6 Å². The maximum Gasteiger partial charge on any atom is 0.156 e. The number of ether oxygens (including phenoxy) is 2. The fourth-order valence-corrected chi connectivity index (χ4v) is 2.50. The zero-order valence-electron chi connectivity index (χ0n) is 10.2. The van der Waals surface area contributed by atoms with Crippen molar-refractivity contribution in [2.45, 2.75) is 12.5 Å². The molecule has 0 spiro atoms. The lowest BCUT2D eigenvalue weighted by molar-refractivity contribution is -0.123. The van der Waals surface area contributed by atoms with Crippen LogP contribution in [0.25, 0.3) is 0 Å². The van der Waals surface area contributed by atoms with Crippen LogP contribution in [0.2, 0.25) is 0 Å². The molecule has 1 N–H and O–H groups in total. The summed E-state index contributed by atoms with van der Waals surface area (Å²) in [5, 5.41) is 3.17. The first-order chi connectivity index (χ1) is 8.70. The van der Waals surface area contributed by atoms with Gasteiger partial charge in [-0.1, -0.05) is 6.07 Å². The maximum atomic E-state index is 12.0. The summed E-state index contributed by atoms with van der Waals surface area (Å²) >= 11 is 3.42. The number of carbonyl (C=O) groups excluding carboxylic acids is 1. The van der Waals surface area contributed by atoms with Gasteiger partial charge in [0.2, 0.25) is 0 Å². The van der Waals surface area contributed by atoms with E-state index in [4.69, 9.17) is 9.47 Å². The number of halogens is 1. The van der Waals surface area contributed by atoms with Gasteiger partial charge in [-0.25, -0.2) is 0 Å². The van der Waals surface area contributed by atoms with Crippen LogP contribution in [0.1, 0.15) is 5.56 Å². The van der Waals surface area contributed by atoms with Crippen molar-refractivity contribution in [3.63, 3.8) is 0 Å². The molecule has 1 aromatic rings. The Morgan fingerprint density at radius 2 is 2.44 bits per heavy atom. The molecule has 1 aromatic carbocycles. The number of hydrogen-bond donors (Lipinski definition) is 1. The summed E-state index contributed by atoms with van der Waals surface area (Å²) in [6.45, 7) is 1.89. The smallest absolute Gasteiger partial charge is 0.156 e. The molecule has 4 nitrogen and oxygen atoms in total. The molecule has 2 rings (SSSR count). The number of nitrogens with one attached hydrogen (secondary N) is 1. The number of hydrogen-bond acceptors (Lipinski definition) is 4. The molecule has 0 saturated carbocycles. The van der Waals surface area contributed by atoms with E-state index >= 15 is 0 Å². The van der Waals surface area contributed by atoms with Crippen LogP contribution >= 0.6 is 15.9 Å². The minimum atomic E-state index is -0.181. The standard InChI is InChI=1S/C13H16BrNO3/c1-17-13-3-2-9(6-10(13)14)7-12(16)11-8-18-5-4-15-11/h2-3,6,11,15H,4-5,7-8H2,1H3. The van der Waals surface area contributed by atoms with Crippen molar-refractivity contribution in [2.75, 3.05) is 26.9 Å². The Morgan fingerprint density at radius 1 is 1.61 bits per heavy atom. The first-order valence-corrected chi connectivity index (χ1v) is 6.66. The zero-order valence-corrected chi connectivity index (χ0v) is 11.8. The Balaban J connectivity index is 2.00. The van der Waals surface area contributed by atoms with Gasteiger partial charge >= 0.3 is 0 Å². The van der Waals surface area contributed by atoms with Gasteiger partial charge in [-0.3, -0.25) is 4.79 Å². The fraction of sp³-hybridized carbons (Fsp3) is 0.462. The third kappa shape index (κ3) is 3.31. The lowest BCUT2D eigenvalue weighted by Crippen LogP contribution is -2.47. The number of morpholine rings is 1. The molecular formula is C13H16BrNO3. The van der Waals surface area contributed by atoms with E-state index in [1.807, 2.05) is 18.2 Å². The normalized spacial score (nSPS) is 19.6. The van der Waals surface area contributed by atoms with Gasteiger partial charge in [0.15, 0.2) is 5.78 Å². The van der Waals surface area contributed by atoms with Crippen LogP contribution in [-0.4, -0.2) is 38.7 Å². The average molecular weight is 314 g/mol. The fourth-order valence-electron chi connectivity index (χ4n) is 1.92. The molecule has 1 heterocycles. The number of rotatable bonds is 4. The van der Waals surface area contributed by atoms with Gasteiger partial charge in [0.05, 0.1) is 30.8 Å². The third-order valence-electron chi connectivity index (χ3n) is 2.90. The number of benzene rings is 1. The van der Waals surface area contributed by atoms with Crippen molar-refractivity contribution >= 4 is 21.7 Å². The topological polar surface area (TPSA) is 47.6 Å². The molecule has 0 amide bonds. The quantitative estimate of drug-likeness (QED) is 0.916. The van der Waals surface area contributed by atoms with Gasteiger partial charge in [-0.05, 0) is 33.6 Å². The van der Waals surface area contributed by atoms with E-state index < -0.39 is 0 Å². The highest BCUT2D eigenvalue weighted by atomic mass is 79.9. The highest BCUT2D eigenvalue weighted by Crippen LogP contribution is 2.25. The van der Waals surface area contributed by atoms with Gasteiger partial charge in [-0.15, -0.1) is 0 Å². The molecule has 0 aromatic heterocycles. The molecule has 0 bridgehead atoms. The lowest BCUT2D eigenvalue weighted by Gasteiger charge is -2.22. The van der Waals surface area contributed by atoms with Crippen LogP contribution in [0.15, 0.2) is 22.7 Å². The molecule has 18 heavy (non-hydrogen) atoms. The molecule has 5 heteroatoms. The third-order valence-corrected chi connectivity index (χ3v) is 3.52. The van der Waals surface area contributed by atoms with E-state index in [1.54, 1.807) is 7.11 Å². The van der Waals surface area contributed by atoms with E-state index in [0.717, 1.165) is 22.3 Å². The van der Waals surface area contributed by atoms with Crippen molar-refractivity contribution in [1.82, 2.24) is 5.32 Å². The molecule has 1 aliphatic heterocycles. The number of ketones is 1. The van der Waals surface area contributed by atoms with Crippen molar-refractivity contribution in [2.24, 2.45) is 0 Å². The Kier molecular flexibility index (Phi) is 4.74. The summed E-state index contributed by atoms with van der Waals surface area (Å²) in [4.78, 5) is 12.0. The van der Waals surface area contributed by atoms with Gasteiger partial charge in [0, 0.05) is 13.0 Å². The van der Waals surface area contributed by atoms with Crippen LogP contribution in [0.5, 0.6) is 5.75 Å². The van der Waals surface area contributed by atoms with Crippen LogP contribution in [0.3, 0.4) is 0 Å². The van der Waals surface area contributed by atoms with Gasteiger partial charge in [0.25, 0.3) is 0 Å². The maximum absolute atomic E-state index is 12.0. The zero-order chi connectivity index (χ0) is 13.0. The predicted molar refractivity (Wildman–Crippen MR) is 72.0 cm³/mol. The Labute approximate surface area is 115 Å². The van der Waals surface area contributed by atoms with Crippen molar-refractivity contribution in [3.8, 4) is 5.75 Å². The SMILES string of the molecule is COc1ccc(CC(=O)C2COCCN2)cc1Br.